The molecule has 0 N–H and O–H groups in total. The average molecular weight is 280 g/mol. The van der Waals surface area contributed by atoms with E-state index in [1.807, 2.05) is 56.6 Å². The summed E-state index contributed by atoms with van der Waals surface area (Å²) in [4.78, 5) is 2.06. The summed E-state index contributed by atoms with van der Waals surface area (Å²) in [5.74, 6) is 0.566. The zero-order valence-corrected chi connectivity index (χ0v) is 11.9. The normalized spacial score (nSPS) is 10.1. The highest BCUT2D eigenvalue weighted by Crippen LogP contribution is 2.16. The van der Waals surface area contributed by atoms with Gasteiger partial charge < -0.3 is 9.64 Å². The van der Waals surface area contributed by atoms with E-state index in [-0.39, 0.29) is 12.4 Å². The van der Waals surface area contributed by atoms with Crippen LogP contribution in [-0.2, 0) is 0 Å². The molecule has 4 nitrogen and oxygen atoms in total. The minimum atomic E-state index is 0. The van der Waals surface area contributed by atoms with E-state index in [4.69, 9.17) is 4.74 Å². The molecule has 0 aliphatic rings. The Balaban J connectivity index is 0.00000180. The van der Waals surface area contributed by atoms with E-state index in [0.29, 0.717) is 12.5 Å². The van der Waals surface area contributed by atoms with Crippen LogP contribution in [0.5, 0.6) is 5.88 Å². The molecule has 2 aromatic rings. The van der Waals surface area contributed by atoms with Crippen molar-refractivity contribution in [2.24, 2.45) is 0 Å². The second kappa shape index (κ2) is 7.71. The molecule has 0 unspecified atom stereocenters. The van der Waals surface area contributed by atoms with Crippen molar-refractivity contribution in [3.8, 4) is 17.1 Å². The van der Waals surface area contributed by atoms with Gasteiger partial charge in [0.15, 0.2) is 0 Å². The molecule has 0 saturated heterocycles. The lowest BCUT2D eigenvalue weighted by atomic mass is 10.1. The number of likely N-dealkylation sites (N-methyl/N-ethyl adjacent to an activating group) is 1. The predicted molar refractivity (Wildman–Crippen MR) is 78.8 cm³/mol. The lowest BCUT2D eigenvalue weighted by Gasteiger charge is -2.10. The summed E-state index contributed by atoms with van der Waals surface area (Å²) in [6.45, 7) is 1.48. The summed E-state index contributed by atoms with van der Waals surface area (Å²) in [6, 6.07) is 13.7. The van der Waals surface area contributed by atoms with Crippen LogP contribution in [0.4, 0.5) is 0 Å². The van der Waals surface area contributed by atoms with Crippen molar-refractivity contribution in [2.45, 2.75) is 0 Å². The van der Waals surface area contributed by atoms with Gasteiger partial charge in [0, 0.05) is 18.2 Å². The molecule has 0 saturated carbocycles. The number of rotatable bonds is 5. The first-order valence-electron chi connectivity index (χ1n) is 5.92. The Morgan fingerprint density at radius 3 is 2.32 bits per heavy atom. The molecule has 0 radical (unpaired) electrons. The Morgan fingerprint density at radius 1 is 1.00 bits per heavy atom. The van der Waals surface area contributed by atoms with Gasteiger partial charge in [-0.2, -0.15) is 0 Å². The van der Waals surface area contributed by atoms with Crippen LogP contribution in [0.25, 0.3) is 11.3 Å². The highest BCUT2D eigenvalue weighted by atomic mass is 35.5. The maximum atomic E-state index is 5.49. The number of nitrogens with zero attached hydrogens (tertiary/aromatic N) is 3. The number of benzene rings is 1. The molecule has 5 heteroatoms. The third-order valence-electron chi connectivity index (χ3n) is 2.50. The number of aromatic nitrogens is 2. The third kappa shape index (κ3) is 4.85. The fourth-order valence-electron chi connectivity index (χ4n) is 1.49. The van der Waals surface area contributed by atoms with Crippen LogP contribution in [0, 0.1) is 0 Å². The van der Waals surface area contributed by atoms with Crippen molar-refractivity contribution in [2.75, 3.05) is 27.2 Å². The molecule has 1 aromatic carbocycles. The minimum Gasteiger partial charge on any atom is -0.475 e. The first kappa shape index (κ1) is 15.4. The zero-order chi connectivity index (χ0) is 12.8. The lowest BCUT2D eigenvalue weighted by molar-refractivity contribution is 0.252. The largest absolute Gasteiger partial charge is 0.475 e. The molecule has 1 aromatic heterocycles. The quantitative estimate of drug-likeness (QED) is 0.843. The van der Waals surface area contributed by atoms with Crippen molar-refractivity contribution in [3.05, 3.63) is 42.5 Å². The van der Waals surface area contributed by atoms with Gasteiger partial charge >= 0.3 is 0 Å². The fourth-order valence-corrected chi connectivity index (χ4v) is 1.49. The van der Waals surface area contributed by atoms with Gasteiger partial charge in [0.1, 0.15) is 6.61 Å². The highest BCUT2D eigenvalue weighted by molar-refractivity contribution is 5.85. The predicted octanol–water partition coefficient (Wildman–Crippen LogP) is 2.51. The van der Waals surface area contributed by atoms with Crippen LogP contribution in [0.3, 0.4) is 0 Å². The number of hydrogen-bond acceptors (Lipinski definition) is 4. The van der Waals surface area contributed by atoms with Gasteiger partial charge in [-0.1, -0.05) is 30.3 Å². The molecule has 2 rings (SSSR count). The van der Waals surface area contributed by atoms with Crippen LogP contribution in [-0.4, -0.2) is 42.3 Å². The number of halogens is 1. The lowest BCUT2D eigenvalue weighted by Crippen LogP contribution is -2.19. The maximum Gasteiger partial charge on any atom is 0.233 e. The Bertz CT molecular complexity index is 474. The molecule has 0 amide bonds. The fraction of sp³-hybridized carbons (Fsp3) is 0.286. The molecule has 102 valence electrons. The Morgan fingerprint density at radius 2 is 1.74 bits per heavy atom. The van der Waals surface area contributed by atoms with Crippen molar-refractivity contribution in [1.29, 1.82) is 0 Å². The van der Waals surface area contributed by atoms with Gasteiger partial charge in [0.05, 0.1) is 5.69 Å². The second-order valence-corrected chi connectivity index (χ2v) is 4.27. The molecular weight excluding hydrogens is 262 g/mol. The van der Waals surface area contributed by atoms with Gasteiger partial charge in [-0.15, -0.1) is 22.6 Å². The smallest absolute Gasteiger partial charge is 0.233 e. The van der Waals surface area contributed by atoms with E-state index in [1.54, 1.807) is 0 Å². The Kier molecular flexibility index (Phi) is 6.25. The van der Waals surface area contributed by atoms with Crippen molar-refractivity contribution in [3.63, 3.8) is 0 Å². The zero-order valence-electron chi connectivity index (χ0n) is 11.1. The van der Waals surface area contributed by atoms with Gasteiger partial charge in [0.25, 0.3) is 0 Å². The molecule has 0 aliphatic heterocycles. The van der Waals surface area contributed by atoms with E-state index in [2.05, 4.69) is 15.1 Å². The molecule has 0 aliphatic carbocycles. The minimum absolute atomic E-state index is 0. The van der Waals surface area contributed by atoms with Crippen molar-refractivity contribution in [1.82, 2.24) is 15.1 Å². The van der Waals surface area contributed by atoms with Crippen molar-refractivity contribution < 1.29 is 4.74 Å². The monoisotopic (exact) mass is 279 g/mol. The SMILES string of the molecule is CN(C)CCOc1ccc(-c2ccccc2)nn1.Cl. The molecule has 0 bridgehead atoms. The molecule has 1 heterocycles. The molecular formula is C14H18ClN3O. The van der Waals surface area contributed by atoms with Gasteiger partial charge in [-0.3, -0.25) is 0 Å². The molecule has 0 spiro atoms. The Labute approximate surface area is 119 Å². The van der Waals surface area contributed by atoms with Crippen LogP contribution in [0.15, 0.2) is 42.5 Å². The van der Waals surface area contributed by atoms with E-state index in [1.165, 1.54) is 0 Å². The standard InChI is InChI=1S/C14H17N3O.ClH/c1-17(2)10-11-18-14-9-8-13(15-16-14)12-6-4-3-5-7-12;/h3-9H,10-11H2,1-2H3;1H. The first-order valence-corrected chi connectivity index (χ1v) is 5.92. The van der Waals surface area contributed by atoms with E-state index >= 15 is 0 Å². The summed E-state index contributed by atoms with van der Waals surface area (Å²) in [7, 11) is 4.01. The van der Waals surface area contributed by atoms with Gasteiger partial charge in [-0.25, -0.2) is 0 Å². The van der Waals surface area contributed by atoms with Crippen molar-refractivity contribution >= 4 is 12.4 Å². The summed E-state index contributed by atoms with van der Waals surface area (Å²) in [5, 5.41) is 8.22. The highest BCUT2D eigenvalue weighted by Gasteiger charge is 2.01. The van der Waals surface area contributed by atoms with E-state index in [0.717, 1.165) is 17.8 Å². The second-order valence-electron chi connectivity index (χ2n) is 4.27. The summed E-state index contributed by atoms with van der Waals surface area (Å²) in [6.07, 6.45) is 0. The maximum absolute atomic E-state index is 5.49. The van der Waals surface area contributed by atoms with E-state index < -0.39 is 0 Å². The molecule has 0 atom stereocenters. The molecule has 0 fully saturated rings. The summed E-state index contributed by atoms with van der Waals surface area (Å²) < 4.78 is 5.49. The van der Waals surface area contributed by atoms with Gasteiger partial charge in [-0.05, 0) is 20.2 Å². The Hall–Kier alpha value is -1.65. The summed E-state index contributed by atoms with van der Waals surface area (Å²) in [5.41, 5.74) is 1.92. The van der Waals surface area contributed by atoms with Crippen LogP contribution < -0.4 is 4.74 Å². The number of hydrogen-bond donors (Lipinski definition) is 0. The van der Waals surface area contributed by atoms with Gasteiger partial charge in [0.2, 0.25) is 5.88 Å². The van der Waals surface area contributed by atoms with E-state index in [9.17, 15) is 0 Å². The van der Waals surface area contributed by atoms with Crippen LogP contribution in [0.1, 0.15) is 0 Å². The van der Waals surface area contributed by atoms with Crippen LogP contribution >= 0.6 is 12.4 Å². The average Bonchev–Trinajstić information content (AvgIpc) is 2.40. The topological polar surface area (TPSA) is 38.2 Å². The number of ether oxygens (including phenoxy) is 1. The summed E-state index contributed by atoms with van der Waals surface area (Å²) >= 11 is 0. The molecule has 19 heavy (non-hydrogen) atoms. The first-order chi connectivity index (χ1) is 8.75. The van der Waals surface area contributed by atoms with Crippen LogP contribution in [0.2, 0.25) is 0 Å². The third-order valence-corrected chi connectivity index (χ3v) is 2.50.